The van der Waals surface area contributed by atoms with Crippen molar-refractivity contribution in [1.29, 1.82) is 0 Å². The number of hydrogen-bond acceptors (Lipinski definition) is 2. The molecule has 4 nitrogen and oxygen atoms in total. The number of nitrogens with one attached hydrogen (secondary N) is 1. The van der Waals surface area contributed by atoms with Gasteiger partial charge in [0.05, 0.1) is 6.42 Å². The van der Waals surface area contributed by atoms with Crippen LogP contribution in [-0.4, -0.2) is 23.5 Å². The van der Waals surface area contributed by atoms with E-state index >= 15 is 0 Å². The predicted octanol–water partition coefficient (Wildman–Crippen LogP) is 2.88. The van der Waals surface area contributed by atoms with Crippen LogP contribution in [0.5, 0.6) is 0 Å². The molecule has 0 aromatic heterocycles. The van der Waals surface area contributed by atoms with Crippen LogP contribution in [0, 0.1) is 5.41 Å². The number of amides is 1. The SMILES string of the molecule is C/C=C/CCNC(=O)CC1(CC(=O)O)CCCCC1. The standard InChI is InChI=1S/C15H25NO3/c1-2-3-7-10-16-13(17)11-15(12-14(18)19)8-5-4-6-9-15/h2-3H,4-12H2,1H3,(H,16,17)(H,18,19)/b3-2+. The summed E-state index contributed by atoms with van der Waals surface area (Å²) in [5, 5.41) is 11.9. The quantitative estimate of drug-likeness (QED) is 0.550. The van der Waals surface area contributed by atoms with E-state index in [0.29, 0.717) is 13.0 Å². The third-order valence-corrected chi connectivity index (χ3v) is 3.84. The molecule has 4 heteroatoms. The molecular weight excluding hydrogens is 242 g/mol. The fourth-order valence-corrected chi connectivity index (χ4v) is 2.90. The lowest BCUT2D eigenvalue weighted by Crippen LogP contribution is -2.35. The van der Waals surface area contributed by atoms with Gasteiger partial charge in [0, 0.05) is 13.0 Å². The Morgan fingerprint density at radius 3 is 2.47 bits per heavy atom. The average Bonchev–Trinajstić information content (AvgIpc) is 2.34. The van der Waals surface area contributed by atoms with Gasteiger partial charge in [0.25, 0.3) is 0 Å². The number of carboxylic acid groups (broad SMARTS) is 1. The maximum absolute atomic E-state index is 11.9. The van der Waals surface area contributed by atoms with Gasteiger partial charge in [0.15, 0.2) is 0 Å². The Morgan fingerprint density at radius 2 is 1.89 bits per heavy atom. The van der Waals surface area contributed by atoms with Crippen molar-refractivity contribution in [3.63, 3.8) is 0 Å². The summed E-state index contributed by atoms with van der Waals surface area (Å²) in [6.07, 6.45) is 10.2. The molecule has 0 bridgehead atoms. The first-order chi connectivity index (χ1) is 9.08. The van der Waals surface area contributed by atoms with Crippen LogP contribution in [0.1, 0.15) is 58.3 Å². The van der Waals surface area contributed by atoms with E-state index in [1.807, 2.05) is 19.1 Å². The number of allylic oxidation sites excluding steroid dienone is 1. The normalized spacial score (nSPS) is 18.4. The molecule has 1 fully saturated rings. The Labute approximate surface area is 115 Å². The lowest BCUT2D eigenvalue weighted by molar-refractivity contribution is -0.141. The molecule has 0 radical (unpaired) electrons. The van der Waals surface area contributed by atoms with Gasteiger partial charge in [-0.15, -0.1) is 0 Å². The molecule has 0 aliphatic heterocycles. The molecular formula is C15H25NO3. The number of hydrogen-bond donors (Lipinski definition) is 2. The molecule has 0 atom stereocenters. The Kier molecular flexibility index (Phi) is 6.60. The second kappa shape index (κ2) is 7.97. The zero-order valence-electron chi connectivity index (χ0n) is 11.8. The second-order valence-electron chi connectivity index (χ2n) is 5.52. The summed E-state index contributed by atoms with van der Waals surface area (Å²) in [6.45, 7) is 2.58. The van der Waals surface area contributed by atoms with E-state index in [1.165, 1.54) is 0 Å². The molecule has 0 unspecified atom stereocenters. The first-order valence-electron chi connectivity index (χ1n) is 7.18. The van der Waals surface area contributed by atoms with Gasteiger partial charge in [-0.05, 0) is 31.6 Å². The molecule has 1 saturated carbocycles. The van der Waals surface area contributed by atoms with Crippen LogP contribution in [0.3, 0.4) is 0 Å². The minimum absolute atomic E-state index is 0.00680. The summed E-state index contributed by atoms with van der Waals surface area (Å²) in [5.74, 6) is -0.795. The van der Waals surface area contributed by atoms with E-state index in [-0.39, 0.29) is 17.7 Å². The van der Waals surface area contributed by atoms with Crippen LogP contribution in [0.15, 0.2) is 12.2 Å². The molecule has 0 aromatic carbocycles. The van der Waals surface area contributed by atoms with Crippen LogP contribution in [0.25, 0.3) is 0 Å². The van der Waals surface area contributed by atoms with Gasteiger partial charge in [-0.2, -0.15) is 0 Å². The summed E-state index contributed by atoms with van der Waals surface area (Å²) in [6, 6.07) is 0. The zero-order valence-corrected chi connectivity index (χ0v) is 11.8. The molecule has 1 rings (SSSR count). The third kappa shape index (κ3) is 5.90. The van der Waals surface area contributed by atoms with Gasteiger partial charge in [-0.3, -0.25) is 9.59 Å². The highest BCUT2D eigenvalue weighted by atomic mass is 16.4. The van der Waals surface area contributed by atoms with Gasteiger partial charge < -0.3 is 10.4 Å². The van der Waals surface area contributed by atoms with Gasteiger partial charge in [-0.25, -0.2) is 0 Å². The molecule has 0 spiro atoms. The minimum atomic E-state index is -0.788. The molecule has 0 aromatic rings. The van der Waals surface area contributed by atoms with E-state index in [4.69, 9.17) is 5.11 Å². The van der Waals surface area contributed by atoms with Crippen molar-refractivity contribution in [1.82, 2.24) is 5.32 Å². The fraction of sp³-hybridized carbons (Fsp3) is 0.733. The Balaban J connectivity index is 2.47. The molecule has 0 heterocycles. The maximum atomic E-state index is 11.9. The van der Waals surface area contributed by atoms with Crippen LogP contribution in [0.4, 0.5) is 0 Å². The van der Waals surface area contributed by atoms with E-state index in [9.17, 15) is 9.59 Å². The summed E-state index contributed by atoms with van der Waals surface area (Å²) in [4.78, 5) is 22.9. The molecule has 1 aliphatic rings. The van der Waals surface area contributed by atoms with Gasteiger partial charge in [0.1, 0.15) is 0 Å². The molecule has 19 heavy (non-hydrogen) atoms. The molecule has 1 amide bonds. The van der Waals surface area contributed by atoms with Gasteiger partial charge in [-0.1, -0.05) is 31.4 Å². The predicted molar refractivity (Wildman–Crippen MR) is 74.8 cm³/mol. The van der Waals surface area contributed by atoms with Crippen molar-refractivity contribution in [3.05, 3.63) is 12.2 Å². The van der Waals surface area contributed by atoms with Gasteiger partial charge >= 0.3 is 5.97 Å². The summed E-state index contributed by atoms with van der Waals surface area (Å²) in [7, 11) is 0. The number of rotatable bonds is 7. The smallest absolute Gasteiger partial charge is 0.303 e. The van der Waals surface area contributed by atoms with E-state index < -0.39 is 5.97 Å². The third-order valence-electron chi connectivity index (χ3n) is 3.84. The zero-order chi connectivity index (χ0) is 14.1. The topological polar surface area (TPSA) is 66.4 Å². The summed E-state index contributed by atoms with van der Waals surface area (Å²) < 4.78 is 0. The highest BCUT2D eigenvalue weighted by Crippen LogP contribution is 2.42. The molecule has 1 aliphatic carbocycles. The number of carbonyl (C=O) groups excluding carboxylic acids is 1. The van der Waals surface area contributed by atoms with Crippen molar-refractivity contribution in [2.45, 2.75) is 58.3 Å². The van der Waals surface area contributed by atoms with Crippen molar-refractivity contribution < 1.29 is 14.7 Å². The van der Waals surface area contributed by atoms with Crippen LogP contribution >= 0.6 is 0 Å². The second-order valence-corrected chi connectivity index (χ2v) is 5.52. The van der Waals surface area contributed by atoms with Crippen molar-refractivity contribution in [2.24, 2.45) is 5.41 Å². The lowest BCUT2D eigenvalue weighted by Gasteiger charge is -2.35. The fourth-order valence-electron chi connectivity index (χ4n) is 2.90. The molecule has 2 N–H and O–H groups in total. The van der Waals surface area contributed by atoms with E-state index in [0.717, 1.165) is 38.5 Å². The van der Waals surface area contributed by atoms with Crippen molar-refractivity contribution in [3.8, 4) is 0 Å². The Hall–Kier alpha value is -1.32. The van der Waals surface area contributed by atoms with Crippen LogP contribution in [-0.2, 0) is 9.59 Å². The Morgan fingerprint density at radius 1 is 1.21 bits per heavy atom. The number of carbonyl (C=O) groups is 2. The van der Waals surface area contributed by atoms with Crippen LogP contribution in [0.2, 0.25) is 0 Å². The maximum Gasteiger partial charge on any atom is 0.303 e. The van der Waals surface area contributed by atoms with E-state index in [2.05, 4.69) is 5.32 Å². The minimum Gasteiger partial charge on any atom is -0.481 e. The highest BCUT2D eigenvalue weighted by Gasteiger charge is 2.36. The van der Waals surface area contributed by atoms with Crippen molar-refractivity contribution in [2.75, 3.05) is 6.54 Å². The first-order valence-corrected chi connectivity index (χ1v) is 7.18. The van der Waals surface area contributed by atoms with Crippen LogP contribution < -0.4 is 5.32 Å². The summed E-state index contributed by atoms with van der Waals surface area (Å²) >= 11 is 0. The number of aliphatic carboxylic acids is 1. The average molecular weight is 267 g/mol. The molecule has 108 valence electrons. The van der Waals surface area contributed by atoms with Gasteiger partial charge in [0.2, 0.25) is 5.91 Å². The van der Waals surface area contributed by atoms with E-state index in [1.54, 1.807) is 0 Å². The van der Waals surface area contributed by atoms with Crippen molar-refractivity contribution >= 4 is 11.9 Å². The summed E-state index contributed by atoms with van der Waals surface area (Å²) in [5.41, 5.74) is -0.311. The molecule has 0 saturated heterocycles. The Bertz CT molecular complexity index is 330. The lowest BCUT2D eigenvalue weighted by atomic mass is 9.69. The monoisotopic (exact) mass is 267 g/mol. The first kappa shape index (κ1) is 15.7. The highest BCUT2D eigenvalue weighted by molar-refractivity contribution is 5.78. The largest absolute Gasteiger partial charge is 0.481 e. The number of carboxylic acids is 1.